The van der Waals surface area contributed by atoms with Crippen molar-refractivity contribution in [3.8, 4) is 0 Å². The van der Waals surface area contributed by atoms with E-state index in [1.54, 1.807) is 0 Å². The Morgan fingerprint density at radius 3 is 2.50 bits per heavy atom. The molecule has 1 atom stereocenters. The Morgan fingerprint density at radius 1 is 1.50 bits per heavy atom. The Morgan fingerprint density at radius 2 is 2.06 bits per heavy atom. The fourth-order valence-electron chi connectivity index (χ4n) is 1.08. The third kappa shape index (κ3) is 3.21. The quantitative estimate of drug-likeness (QED) is 0.579. The second-order valence-corrected chi connectivity index (χ2v) is 2.99. The molecular formula is C9H10N2O5. The molecule has 0 bridgehead atoms. The highest BCUT2D eigenvalue weighted by molar-refractivity contribution is 5.64. The van der Waals surface area contributed by atoms with Crippen molar-refractivity contribution in [1.29, 1.82) is 0 Å². The van der Waals surface area contributed by atoms with E-state index in [9.17, 15) is 20.0 Å². The summed E-state index contributed by atoms with van der Waals surface area (Å²) in [5, 5.41) is 19.9. The minimum absolute atomic E-state index is 0.0771. The van der Waals surface area contributed by atoms with Crippen LogP contribution in [0.15, 0.2) is 24.3 Å². The summed E-state index contributed by atoms with van der Waals surface area (Å²) in [6.07, 6.45) is -2.03. The first-order valence-electron chi connectivity index (χ1n) is 4.35. The minimum atomic E-state index is -1.05. The van der Waals surface area contributed by atoms with E-state index in [0.29, 0.717) is 5.56 Å². The predicted octanol–water partition coefficient (Wildman–Crippen LogP) is 0.724. The van der Waals surface area contributed by atoms with Crippen LogP contribution in [0.5, 0.6) is 0 Å². The fourth-order valence-corrected chi connectivity index (χ4v) is 1.08. The van der Waals surface area contributed by atoms with E-state index in [-0.39, 0.29) is 12.3 Å². The number of nitrogens with two attached hydrogens (primary N) is 1. The minimum Gasteiger partial charge on any atom is -0.447 e. The maximum Gasteiger partial charge on any atom is 0.404 e. The molecule has 7 nitrogen and oxygen atoms in total. The Kier molecular flexibility index (Phi) is 3.78. The summed E-state index contributed by atoms with van der Waals surface area (Å²) in [4.78, 5) is 20.1. The lowest BCUT2D eigenvalue weighted by atomic mass is 10.1. The summed E-state index contributed by atoms with van der Waals surface area (Å²) in [7, 11) is 0. The lowest BCUT2D eigenvalue weighted by Gasteiger charge is -2.09. The van der Waals surface area contributed by atoms with Gasteiger partial charge < -0.3 is 15.6 Å². The van der Waals surface area contributed by atoms with Crippen LogP contribution in [0.4, 0.5) is 10.5 Å². The van der Waals surface area contributed by atoms with Crippen molar-refractivity contribution in [2.24, 2.45) is 5.73 Å². The Bertz CT molecular complexity index is 389. The van der Waals surface area contributed by atoms with Crippen LogP contribution in [-0.4, -0.2) is 22.7 Å². The lowest BCUT2D eigenvalue weighted by Crippen LogP contribution is -2.17. The maximum atomic E-state index is 10.4. The summed E-state index contributed by atoms with van der Waals surface area (Å²) < 4.78 is 4.39. The van der Waals surface area contributed by atoms with Crippen LogP contribution in [0.3, 0.4) is 0 Å². The number of carbonyl (C=O) groups is 1. The third-order valence-electron chi connectivity index (χ3n) is 1.87. The van der Waals surface area contributed by atoms with Gasteiger partial charge in [0, 0.05) is 12.1 Å². The number of benzene rings is 1. The Balaban J connectivity index is 2.66. The number of nitro benzene ring substituents is 1. The van der Waals surface area contributed by atoms with Crippen LogP contribution in [-0.2, 0) is 4.74 Å². The molecule has 0 heterocycles. The molecule has 7 heteroatoms. The number of nitro groups is 1. The van der Waals surface area contributed by atoms with Crippen molar-refractivity contribution < 1.29 is 19.6 Å². The van der Waals surface area contributed by atoms with Gasteiger partial charge in [0.25, 0.3) is 5.69 Å². The van der Waals surface area contributed by atoms with Gasteiger partial charge in [0.1, 0.15) is 12.7 Å². The average molecular weight is 226 g/mol. The SMILES string of the molecule is NC(=O)OC[C@H](O)c1ccc([N+](=O)[O-])cc1. The second kappa shape index (κ2) is 5.08. The zero-order valence-corrected chi connectivity index (χ0v) is 8.20. The first-order valence-corrected chi connectivity index (χ1v) is 4.35. The smallest absolute Gasteiger partial charge is 0.404 e. The van der Waals surface area contributed by atoms with E-state index in [4.69, 9.17) is 5.73 Å². The number of aliphatic hydroxyl groups is 1. The van der Waals surface area contributed by atoms with Crippen LogP contribution < -0.4 is 5.73 Å². The van der Waals surface area contributed by atoms with Crippen molar-refractivity contribution in [1.82, 2.24) is 0 Å². The summed E-state index contributed by atoms with van der Waals surface area (Å²) in [6, 6.07) is 5.27. The number of aliphatic hydroxyl groups excluding tert-OH is 1. The molecule has 16 heavy (non-hydrogen) atoms. The molecule has 0 aliphatic heterocycles. The summed E-state index contributed by atoms with van der Waals surface area (Å²) in [5.74, 6) is 0. The van der Waals surface area contributed by atoms with Crippen molar-refractivity contribution in [3.05, 3.63) is 39.9 Å². The van der Waals surface area contributed by atoms with Crippen molar-refractivity contribution >= 4 is 11.8 Å². The molecule has 0 fully saturated rings. The van der Waals surface area contributed by atoms with E-state index in [1.807, 2.05) is 0 Å². The van der Waals surface area contributed by atoms with Crippen LogP contribution in [0.25, 0.3) is 0 Å². The maximum absolute atomic E-state index is 10.4. The largest absolute Gasteiger partial charge is 0.447 e. The number of ether oxygens (including phenoxy) is 1. The summed E-state index contributed by atoms with van der Waals surface area (Å²) >= 11 is 0. The first-order chi connectivity index (χ1) is 7.50. The number of hydrogen-bond donors (Lipinski definition) is 2. The number of carbonyl (C=O) groups excluding carboxylic acids is 1. The molecule has 0 aromatic heterocycles. The zero-order chi connectivity index (χ0) is 12.1. The molecule has 0 aliphatic carbocycles. The summed E-state index contributed by atoms with van der Waals surface area (Å²) in [6.45, 7) is -0.285. The van der Waals surface area contributed by atoms with E-state index in [1.165, 1.54) is 24.3 Å². The highest BCUT2D eigenvalue weighted by Gasteiger charge is 2.11. The van der Waals surface area contributed by atoms with Gasteiger partial charge >= 0.3 is 6.09 Å². The zero-order valence-electron chi connectivity index (χ0n) is 8.20. The van der Waals surface area contributed by atoms with Crippen LogP contribution in [0.2, 0.25) is 0 Å². The topological polar surface area (TPSA) is 116 Å². The van der Waals surface area contributed by atoms with Gasteiger partial charge in [-0.2, -0.15) is 0 Å². The molecule has 0 saturated carbocycles. The molecule has 3 N–H and O–H groups in total. The normalized spacial score (nSPS) is 11.8. The van der Waals surface area contributed by atoms with E-state index in [2.05, 4.69) is 4.74 Å². The molecule has 0 spiro atoms. The monoisotopic (exact) mass is 226 g/mol. The van der Waals surface area contributed by atoms with Gasteiger partial charge in [-0.1, -0.05) is 0 Å². The molecule has 0 radical (unpaired) electrons. The van der Waals surface area contributed by atoms with Crippen molar-refractivity contribution in [3.63, 3.8) is 0 Å². The molecule has 1 amide bonds. The lowest BCUT2D eigenvalue weighted by molar-refractivity contribution is -0.384. The number of non-ortho nitro benzene ring substituents is 1. The Labute approximate surface area is 90.6 Å². The molecule has 0 saturated heterocycles. The van der Waals surface area contributed by atoms with Gasteiger partial charge in [0.15, 0.2) is 0 Å². The fraction of sp³-hybridized carbons (Fsp3) is 0.222. The predicted molar refractivity (Wildman–Crippen MR) is 53.6 cm³/mol. The summed E-state index contributed by atoms with van der Waals surface area (Å²) in [5.41, 5.74) is 5.05. The third-order valence-corrected chi connectivity index (χ3v) is 1.87. The molecule has 1 aromatic carbocycles. The van der Waals surface area contributed by atoms with Gasteiger partial charge in [0.2, 0.25) is 0 Å². The van der Waals surface area contributed by atoms with Crippen LogP contribution in [0.1, 0.15) is 11.7 Å². The number of primary amides is 1. The number of nitrogens with zero attached hydrogens (tertiary/aromatic N) is 1. The standard InChI is InChI=1S/C9H10N2O5/c10-9(13)16-5-8(12)6-1-3-7(4-2-6)11(14)15/h1-4,8,12H,5H2,(H2,10,13)/t8-/m0/s1. The van der Waals surface area contributed by atoms with E-state index in [0.717, 1.165) is 0 Å². The molecular weight excluding hydrogens is 216 g/mol. The van der Waals surface area contributed by atoms with Crippen molar-refractivity contribution in [2.75, 3.05) is 6.61 Å². The highest BCUT2D eigenvalue weighted by atomic mass is 16.6. The van der Waals surface area contributed by atoms with Gasteiger partial charge in [-0.3, -0.25) is 10.1 Å². The number of hydrogen-bond acceptors (Lipinski definition) is 5. The average Bonchev–Trinajstić information content (AvgIpc) is 2.26. The second-order valence-electron chi connectivity index (χ2n) is 2.99. The van der Waals surface area contributed by atoms with Gasteiger partial charge in [-0.05, 0) is 17.7 Å². The highest BCUT2D eigenvalue weighted by Crippen LogP contribution is 2.17. The van der Waals surface area contributed by atoms with E-state index < -0.39 is 17.1 Å². The van der Waals surface area contributed by atoms with Gasteiger partial charge in [-0.15, -0.1) is 0 Å². The molecule has 0 aliphatic rings. The number of amides is 1. The molecule has 1 aromatic rings. The molecule has 86 valence electrons. The number of rotatable bonds is 4. The Hall–Kier alpha value is -2.15. The van der Waals surface area contributed by atoms with Gasteiger partial charge in [0.05, 0.1) is 4.92 Å². The van der Waals surface area contributed by atoms with Crippen molar-refractivity contribution in [2.45, 2.75) is 6.10 Å². The van der Waals surface area contributed by atoms with Gasteiger partial charge in [-0.25, -0.2) is 4.79 Å². The van der Waals surface area contributed by atoms with Crippen LogP contribution >= 0.6 is 0 Å². The van der Waals surface area contributed by atoms with E-state index >= 15 is 0 Å². The molecule has 1 rings (SSSR count). The first kappa shape index (κ1) is 11.9. The molecule has 0 unspecified atom stereocenters. The van der Waals surface area contributed by atoms with Crippen LogP contribution in [0, 0.1) is 10.1 Å².